The maximum Gasteiger partial charge on any atom is 0.239 e. The summed E-state index contributed by atoms with van der Waals surface area (Å²) in [5.41, 5.74) is -0.476. The first-order chi connectivity index (χ1) is 8.29. The van der Waals surface area contributed by atoms with Crippen LogP contribution in [0.5, 0.6) is 0 Å². The number of hydrogen-bond donors (Lipinski definition) is 3. The molecule has 2 unspecified atom stereocenters. The summed E-state index contributed by atoms with van der Waals surface area (Å²) in [6, 6.07) is 0. The first kappa shape index (κ1) is 15.0. The van der Waals surface area contributed by atoms with E-state index in [1.165, 1.54) is 0 Å². The van der Waals surface area contributed by atoms with Gasteiger partial charge in [-0.2, -0.15) is 0 Å². The predicted octanol–water partition coefficient (Wildman–Crippen LogP) is 0.426. The molecule has 5 nitrogen and oxygen atoms in total. The summed E-state index contributed by atoms with van der Waals surface area (Å²) in [7, 11) is 0. The summed E-state index contributed by atoms with van der Waals surface area (Å²) in [6.07, 6.45) is 2.32. The minimum Gasteiger partial charge on any atom is -0.393 e. The molecule has 0 aromatic heterocycles. The van der Waals surface area contributed by atoms with Gasteiger partial charge in [-0.15, -0.1) is 0 Å². The van der Waals surface area contributed by atoms with Crippen LogP contribution in [-0.4, -0.2) is 36.1 Å². The lowest BCUT2D eigenvalue weighted by Crippen LogP contribution is -2.42. The summed E-state index contributed by atoms with van der Waals surface area (Å²) < 4.78 is 0. The molecule has 5 heteroatoms. The minimum atomic E-state index is -0.476. The molecule has 0 radical (unpaired) electrons. The average Bonchev–Trinajstić information content (AvgIpc) is 2.67. The lowest BCUT2D eigenvalue weighted by atomic mass is 9.96. The van der Waals surface area contributed by atoms with Crippen molar-refractivity contribution in [2.45, 2.75) is 46.1 Å². The first-order valence-electron chi connectivity index (χ1n) is 6.52. The Labute approximate surface area is 108 Å². The molecule has 1 saturated carbocycles. The standard InChI is InChI=1S/C13H24N2O3/c1-13(2,3)12(18)15-8-11(17)14-7-9-4-5-10(16)6-9/h9-10,16H,4-8H2,1-3H3,(H,14,17)(H,15,18). The lowest BCUT2D eigenvalue weighted by Gasteiger charge is -2.17. The first-order valence-corrected chi connectivity index (χ1v) is 6.52. The molecule has 1 aliphatic rings. The molecule has 1 rings (SSSR count). The second-order valence-corrected chi connectivity index (χ2v) is 6.07. The van der Waals surface area contributed by atoms with Gasteiger partial charge in [-0.1, -0.05) is 20.8 Å². The Hall–Kier alpha value is -1.10. The van der Waals surface area contributed by atoms with Gasteiger partial charge in [0.05, 0.1) is 12.6 Å². The Balaban J connectivity index is 2.16. The minimum absolute atomic E-state index is 0.0192. The van der Waals surface area contributed by atoms with Crippen molar-refractivity contribution in [1.82, 2.24) is 10.6 Å². The van der Waals surface area contributed by atoms with Crippen molar-refractivity contribution in [3.05, 3.63) is 0 Å². The van der Waals surface area contributed by atoms with Gasteiger partial charge in [0.25, 0.3) is 0 Å². The number of nitrogens with one attached hydrogen (secondary N) is 2. The molecule has 0 aliphatic heterocycles. The van der Waals surface area contributed by atoms with Gasteiger partial charge < -0.3 is 15.7 Å². The van der Waals surface area contributed by atoms with E-state index in [-0.39, 0.29) is 24.5 Å². The maximum atomic E-state index is 11.5. The van der Waals surface area contributed by atoms with E-state index < -0.39 is 5.41 Å². The van der Waals surface area contributed by atoms with Crippen LogP contribution in [0.2, 0.25) is 0 Å². The van der Waals surface area contributed by atoms with Crippen LogP contribution in [0.1, 0.15) is 40.0 Å². The highest BCUT2D eigenvalue weighted by Crippen LogP contribution is 2.24. The zero-order chi connectivity index (χ0) is 13.8. The Kier molecular flexibility index (Phi) is 5.14. The number of hydrogen-bond acceptors (Lipinski definition) is 3. The highest BCUT2D eigenvalue weighted by Gasteiger charge is 2.24. The van der Waals surface area contributed by atoms with E-state index in [9.17, 15) is 14.7 Å². The summed E-state index contributed by atoms with van der Waals surface area (Å²) in [6.45, 7) is 6.02. The van der Waals surface area contributed by atoms with Gasteiger partial charge in [0.2, 0.25) is 11.8 Å². The van der Waals surface area contributed by atoms with Crippen LogP contribution < -0.4 is 10.6 Å². The van der Waals surface area contributed by atoms with E-state index >= 15 is 0 Å². The second kappa shape index (κ2) is 6.18. The van der Waals surface area contributed by atoms with Crippen molar-refractivity contribution < 1.29 is 14.7 Å². The predicted molar refractivity (Wildman–Crippen MR) is 68.8 cm³/mol. The van der Waals surface area contributed by atoms with Crippen molar-refractivity contribution in [2.24, 2.45) is 11.3 Å². The van der Waals surface area contributed by atoms with Gasteiger partial charge in [0.1, 0.15) is 0 Å². The van der Waals surface area contributed by atoms with Crippen LogP contribution in [0.15, 0.2) is 0 Å². The van der Waals surface area contributed by atoms with Crippen LogP contribution in [0.3, 0.4) is 0 Å². The molecule has 1 aliphatic carbocycles. The van der Waals surface area contributed by atoms with Crippen LogP contribution in [0.25, 0.3) is 0 Å². The normalized spacial score (nSPS) is 23.8. The fourth-order valence-electron chi connectivity index (χ4n) is 1.98. The van der Waals surface area contributed by atoms with Crippen molar-refractivity contribution in [1.29, 1.82) is 0 Å². The zero-order valence-corrected chi connectivity index (χ0v) is 11.5. The number of carbonyl (C=O) groups is 2. The van der Waals surface area contributed by atoms with Crippen LogP contribution in [0, 0.1) is 11.3 Å². The SMILES string of the molecule is CC(C)(C)C(=O)NCC(=O)NCC1CCC(O)C1. The fraction of sp³-hybridized carbons (Fsp3) is 0.846. The third-order valence-electron chi connectivity index (χ3n) is 3.19. The van der Waals surface area contributed by atoms with Crippen LogP contribution in [0.4, 0.5) is 0 Å². The molecule has 0 saturated heterocycles. The third-order valence-corrected chi connectivity index (χ3v) is 3.19. The molecule has 0 spiro atoms. The summed E-state index contributed by atoms with van der Waals surface area (Å²) >= 11 is 0. The molecule has 2 amide bonds. The monoisotopic (exact) mass is 256 g/mol. The summed E-state index contributed by atoms with van der Waals surface area (Å²) in [5.74, 6) is 0.0604. The number of aliphatic hydroxyl groups is 1. The summed E-state index contributed by atoms with van der Waals surface area (Å²) in [4.78, 5) is 23.1. The van der Waals surface area contributed by atoms with Gasteiger partial charge in [-0.05, 0) is 25.2 Å². The quantitative estimate of drug-likeness (QED) is 0.682. The molecule has 2 atom stereocenters. The van der Waals surface area contributed by atoms with Gasteiger partial charge in [0.15, 0.2) is 0 Å². The van der Waals surface area contributed by atoms with Gasteiger partial charge in [-0.25, -0.2) is 0 Å². The van der Waals surface area contributed by atoms with Crippen molar-refractivity contribution in [3.8, 4) is 0 Å². The van der Waals surface area contributed by atoms with E-state index in [0.717, 1.165) is 19.3 Å². The second-order valence-electron chi connectivity index (χ2n) is 6.07. The van der Waals surface area contributed by atoms with Crippen molar-refractivity contribution in [3.63, 3.8) is 0 Å². The number of carbonyl (C=O) groups excluding carboxylic acids is 2. The highest BCUT2D eigenvalue weighted by atomic mass is 16.3. The largest absolute Gasteiger partial charge is 0.393 e. The molecule has 18 heavy (non-hydrogen) atoms. The van der Waals surface area contributed by atoms with E-state index in [2.05, 4.69) is 10.6 Å². The molecule has 0 bridgehead atoms. The third kappa shape index (κ3) is 5.04. The van der Waals surface area contributed by atoms with Gasteiger partial charge in [0, 0.05) is 12.0 Å². The molecule has 3 N–H and O–H groups in total. The zero-order valence-electron chi connectivity index (χ0n) is 11.5. The Bertz CT molecular complexity index is 310. The van der Waals surface area contributed by atoms with Crippen molar-refractivity contribution >= 4 is 11.8 Å². The van der Waals surface area contributed by atoms with E-state index in [1.54, 1.807) is 20.8 Å². The van der Waals surface area contributed by atoms with Gasteiger partial charge >= 0.3 is 0 Å². The van der Waals surface area contributed by atoms with E-state index in [0.29, 0.717) is 12.5 Å². The Morgan fingerprint density at radius 2 is 1.89 bits per heavy atom. The Morgan fingerprint density at radius 3 is 2.39 bits per heavy atom. The number of amides is 2. The molecular weight excluding hydrogens is 232 g/mol. The maximum absolute atomic E-state index is 11.5. The molecule has 104 valence electrons. The molecule has 1 fully saturated rings. The van der Waals surface area contributed by atoms with E-state index in [1.807, 2.05) is 0 Å². The topological polar surface area (TPSA) is 78.4 Å². The number of aliphatic hydroxyl groups excluding tert-OH is 1. The highest BCUT2D eigenvalue weighted by molar-refractivity contribution is 5.87. The molecule has 0 heterocycles. The van der Waals surface area contributed by atoms with Crippen LogP contribution >= 0.6 is 0 Å². The smallest absolute Gasteiger partial charge is 0.239 e. The molecule has 0 aromatic carbocycles. The number of rotatable bonds is 4. The van der Waals surface area contributed by atoms with Crippen molar-refractivity contribution in [2.75, 3.05) is 13.1 Å². The van der Waals surface area contributed by atoms with Crippen LogP contribution in [-0.2, 0) is 9.59 Å². The average molecular weight is 256 g/mol. The Morgan fingerprint density at radius 1 is 1.22 bits per heavy atom. The fourth-order valence-corrected chi connectivity index (χ4v) is 1.98. The lowest BCUT2D eigenvalue weighted by molar-refractivity contribution is -0.131. The van der Waals surface area contributed by atoms with Gasteiger partial charge in [-0.3, -0.25) is 9.59 Å². The summed E-state index contributed by atoms with van der Waals surface area (Å²) in [5, 5.41) is 14.8. The molecular formula is C13H24N2O3. The van der Waals surface area contributed by atoms with E-state index in [4.69, 9.17) is 0 Å². The molecule has 0 aromatic rings.